The SMILES string of the molecule is CCCCCCCCCCCCCCCCCCCCCCCCCCCOCC(COP(=O)(O)OCC[N+](C)(C)C)OC(=O)CCCCCCCCCCCCCCCCCCCCCCC. The summed E-state index contributed by atoms with van der Waals surface area (Å²) in [6.07, 6.45) is 61.8. The van der Waals surface area contributed by atoms with Crippen LogP contribution in [0.2, 0.25) is 0 Å². The maximum Gasteiger partial charge on any atom is 0.472 e. The van der Waals surface area contributed by atoms with E-state index in [1.807, 2.05) is 21.1 Å². The third kappa shape index (κ3) is 56.4. The van der Waals surface area contributed by atoms with Gasteiger partial charge >= 0.3 is 13.8 Å². The van der Waals surface area contributed by atoms with Crippen LogP contribution in [0, 0.1) is 0 Å². The zero-order valence-electron chi connectivity index (χ0n) is 46.6. The van der Waals surface area contributed by atoms with E-state index >= 15 is 0 Å². The molecule has 0 fully saturated rings. The topological polar surface area (TPSA) is 91.3 Å². The minimum atomic E-state index is -4.28. The van der Waals surface area contributed by atoms with Gasteiger partial charge in [-0.05, 0) is 12.8 Å². The highest BCUT2D eigenvalue weighted by atomic mass is 31.2. The van der Waals surface area contributed by atoms with Crippen molar-refractivity contribution >= 4 is 13.8 Å². The van der Waals surface area contributed by atoms with Crippen LogP contribution in [-0.4, -0.2) is 75.6 Å². The first kappa shape index (κ1) is 67.5. The molecule has 0 spiro atoms. The highest BCUT2D eigenvalue weighted by Crippen LogP contribution is 2.43. The Labute approximate surface area is 425 Å². The smallest absolute Gasteiger partial charge is 0.457 e. The molecule has 0 aromatic carbocycles. The number of nitrogens with zero attached hydrogens (tertiary/aromatic N) is 1. The summed E-state index contributed by atoms with van der Waals surface area (Å²) in [4.78, 5) is 23.1. The number of hydrogen-bond acceptors (Lipinski definition) is 6. The Bertz CT molecular complexity index is 1050. The number of carbonyl (C=O) groups is 1. The van der Waals surface area contributed by atoms with Crippen molar-refractivity contribution in [1.29, 1.82) is 0 Å². The second kappa shape index (κ2) is 52.8. The van der Waals surface area contributed by atoms with Crippen LogP contribution in [-0.2, 0) is 27.9 Å². The maximum absolute atomic E-state index is 12.8. The molecular weight excluding hydrogens is 866 g/mol. The van der Waals surface area contributed by atoms with Crippen molar-refractivity contribution in [1.82, 2.24) is 0 Å². The van der Waals surface area contributed by atoms with Gasteiger partial charge in [-0.1, -0.05) is 296 Å². The summed E-state index contributed by atoms with van der Waals surface area (Å²) < 4.78 is 35.3. The molecule has 0 aliphatic carbocycles. The van der Waals surface area contributed by atoms with Crippen molar-refractivity contribution in [2.24, 2.45) is 0 Å². The van der Waals surface area contributed by atoms with Crippen molar-refractivity contribution in [2.75, 3.05) is 54.1 Å². The summed E-state index contributed by atoms with van der Waals surface area (Å²) >= 11 is 0. The van der Waals surface area contributed by atoms with Gasteiger partial charge in [0.25, 0.3) is 0 Å². The third-order valence-corrected chi connectivity index (χ3v) is 14.9. The fourth-order valence-electron chi connectivity index (χ4n) is 9.26. The molecule has 408 valence electrons. The number of likely N-dealkylation sites (N-methyl/N-ethyl adjacent to an activating group) is 1. The maximum atomic E-state index is 12.8. The predicted molar refractivity (Wildman–Crippen MR) is 294 cm³/mol. The number of hydrogen-bond donors (Lipinski definition) is 1. The van der Waals surface area contributed by atoms with Crippen molar-refractivity contribution in [2.45, 2.75) is 322 Å². The Morgan fingerprint density at radius 3 is 0.971 bits per heavy atom. The zero-order chi connectivity index (χ0) is 49.8. The summed E-state index contributed by atoms with van der Waals surface area (Å²) in [5.74, 6) is -0.302. The third-order valence-electron chi connectivity index (χ3n) is 13.9. The van der Waals surface area contributed by atoms with Crippen LogP contribution in [0.4, 0.5) is 0 Å². The van der Waals surface area contributed by atoms with E-state index in [1.54, 1.807) is 0 Å². The molecule has 0 aliphatic heterocycles. The lowest BCUT2D eigenvalue weighted by Gasteiger charge is -2.24. The molecule has 0 saturated heterocycles. The van der Waals surface area contributed by atoms with Crippen molar-refractivity contribution in [3.63, 3.8) is 0 Å². The van der Waals surface area contributed by atoms with E-state index in [4.69, 9.17) is 18.5 Å². The standard InChI is InChI=1S/C59H120NO7P/c1-6-8-10-12-14-16-18-20-22-24-26-28-29-30-31-33-35-37-39-41-43-45-47-49-51-54-64-56-58(57-66-68(62,63)65-55-53-60(3,4)5)67-59(61)52-50-48-46-44-42-40-38-36-34-32-27-25-23-21-19-17-15-13-11-9-7-2/h58H,6-57H2,1-5H3/p+1. The lowest BCUT2D eigenvalue weighted by Crippen LogP contribution is -2.37. The number of esters is 1. The number of phosphoric acid groups is 1. The molecule has 8 nitrogen and oxygen atoms in total. The molecule has 0 amide bonds. The molecule has 0 bridgehead atoms. The van der Waals surface area contributed by atoms with E-state index in [2.05, 4.69) is 13.8 Å². The zero-order valence-corrected chi connectivity index (χ0v) is 47.5. The lowest BCUT2D eigenvalue weighted by molar-refractivity contribution is -0.870. The van der Waals surface area contributed by atoms with Crippen LogP contribution in [0.3, 0.4) is 0 Å². The second-order valence-corrected chi connectivity index (χ2v) is 23.6. The van der Waals surface area contributed by atoms with E-state index in [9.17, 15) is 14.3 Å². The Kier molecular flexibility index (Phi) is 52.4. The molecule has 0 radical (unpaired) electrons. The van der Waals surface area contributed by atoms with Crippen LogP contribution in [0.1, 0.15) is 316 Å². The largest absolute Gasteiger partial charge is 0.472 e. The van der Waals surface area contributed by atoms with Gasteiger partial charge in [0, 0.05) is 13.0 Å². The summed E-state index contributed by atoms with van der Waals surface area (Å²) in [7, 11) is 1.70. The van der Waals surface area contributed by atoms with Crippen molar-refractivity contribution < 1.29 is 37.3 Å². The molecule has 0 aromatic rings. The van der Waals surface area contributed by atoms with Gasteiger partial charge in [0.05, 0.1) is 34.4 Å². The Hall–Kier alpha value is -0.500. The molecular formula is C59H121NO7P+. The van der Waals surface area contributed by atoms with Crippen LogP contribution < -0.4 is 0 Å². The highest BCUT2D eigenvalue weighted by molar-refractivity contribution is 7.47. The number of ether oxygens (including phenoxy) is 2. The van der Waals surface area contributed by atoms with Crippen LogP contribution >= 0.6 is 7.82 Å². The molecule has 2 atom stereocenters. The van der Waals surface area contributed by atoms with Gasteiger partial charge < -0.3 is 18.9 Å². The lowest BCUT2D eigenvalue weighted by atomic mass is 10.0. The van der Waals surface area contributed by atoms with Gasteiger partial charge in [0.1, 0.15) is 19.3 Å². The number of carbonyl (C=O) groups excluding carboxylic acids is 1. The average Bonchev–Trinajstić information content (AvgIpc) is 3.30. The Morgan fingerprint density at radius 2 is 0.676 bits per heavy atom. The molecule has 0 aliphatic rings. The first-order chi connectivity index (χ1) is 33.1. The molecule has 0 heterocycles. The number of quaternary nitrogens is 1. The Balaban J connectivity index is 3.97. The van der Waals surface area contributed by atoms with Crippen molar-refractivity contribution in [3.8, 4) is 0 Å². The fraction of sp³-hybridized carbons (Fsp3) is 0.983. The summed E-state index contributed by atoms with van der Waals surface area (Å²) in [6.45, 7) is 5.73. The van der Waals surface area contributed by atoms with Crippen molar-refractivity contribution in [3.05, 3.63) is 0 Å². The normalized spacial score (nSPS) is 13.3. The summed E-state index contributed by atoms with van der Waals surface area (Å²) in [5, 5.41) is 0. The minimum absolute atomic E-state index is 0.0945. The minimum Gasteiger partial charge on any atom is -0.457 e. The monoisotopic (exact) mass is 987 g/mol. The van der Waals surface area contributed by atoms with E-state index in [0.29, 0.717) is 24.1 Å². The number of rotatable bonds is 58. The van der Waals surface area contributed by atoms with Crippen LogP contribution in [0.5, 0.6) is 0 Å². The van der Waals surface area contributed by atoms with Gasteiger partial charge in [-0.2, -0.15) is 0 Å². The van der Waals surface area contributed by atoms with Gasteiger partial charge in [-0.25, -0.2) is 4.57 Å². The molecule has 1 N–H and O–H groups in total. The van der Waals surface area contributed by atoms with E-state index in [-0.39, 0.29) is 25.8 Å². The summed E-state index contributed by atoms with van der Waals surface area (Å²) in [6, 6.07) is 0. The first-order valence-corrected chi connectivity index (χ1v) is 31.8. The second-order valence-electron chi connectivity index (χ2n) is 22.1. The van der Waals surface area contributed by atoms with E-state index in [1.165, 1.54) is 263 Å². The fourth-order valence-corrected chi connectivity index (χ4v) is 10.0. The molecule has 0 saturated carbocycles. The average molecular weight is 988 g/mol. The quantitative estimate of drug-likeness (QED) is 0.0281. The van der Waals surface area contributed by atoms with E-state index < -0.39 is 13.9 Å². The van der Waals surface area contributed by atoms with E-state index in [0.717, 1.165) is 32.1 Å². The first-order valence-electron chi connectivity index (χ1n) is 30.3. The molecule has 0 aromatic heterocycles. The van der Waals surface area contributed by atoms with Crippen LogP contribution in [0.25, 0.3) is 0 Å². The van der Waals surface area contributed by atoms with Gasteiger partial charge in [-0.15, -0.1) is 0 Å². The molecule has 9 heteroatoms. The number of unbranched alkanes of at least 4 members (excludes halogenated alkanes) is 44. The number of phosphoric ester groups is 1. The Morgan fingerprint density at radius 1 is 0.397 bits per heavy atom. The van der Waals surface area contributed by atoms with Gasteiger partial charge in [-0.3, -0.25) is 13.8 Å². The van der Waals surface area contributed by atoms with Gasteiger partial charge in [0.2, 0.25) is 0 Å². The van der Waals surface area contributed by atoms with Crippen LogP contribution in [0.15, 0.2) is 0 Å². The van der Waals surface area contributed by atoms with Gasteiger partial charge in [0.15, 0.2) is 0 Å². The molecule has 2 unspecified atom stereocenters. The molecule has 68 heavy (non-hydrogen) atoms. The highest BCUT2D eigenvalue weighted by Gasteiger charge is 2.26. The predicted octanol–water partition coefficient (Wildman–Crippen LogP) is 19.1. The summed E-state index contributed by atoms with van der Waals surface area (Å²) in [5.41, 5.74) is 0. The molecule has 0 rings (SSSR count).